The van der Waals surface area contributed by atoms with Gasteiger partial charge in [-0.25, -0.2) is 0 Å². The Balaban J connectivity index is 1.74. The maximum absolute atomic E-state index is 9.40. The van der Waals surface area contributed by atoms with Gasteiger partial charge in [-0.3, -0.25) is 0 Å². The van der Waals surface area contributed by atoms with Crippen molar-refractivity contribution in [1.82, 2.24) is 5.32 Å². The SMILES string of the molecule is CCOc1ccccc1OCCNC1CCCCC1CO. The summed E-state index contributed by atoms with van der Waals surface area (Å²) in [5, 5.41) is 12.9. The van der Waals surface area contributed by atoms with Gasteiger partial charge in [0.25, 0.3) is 0 Å². The minimum Gasteiger partial charge on any atom is -0.490 e. The Kier molecular flexibility index (Phi) is 6.83. The van der Waals surface area contributed by atoms with Crippen LogP contribution in [0.25, 0.3) is 0 Å². The molecule has 118 valence electrons. The number of aliphatic hydroxyl groups is 1. The van der Waals surface area contributed by atoms with Gasteiger partial charge in [0.15, 0.2) is 11.5 Å². The van der Waals surface area contributed by atoms with E-state index in [0.29, 0.717) is 25.2 Å². The van der Waals surface area contributed by atoms with Gasteiger partial charge in [-0.15, -0.1) is 0 Å². The lowest BCUT2D eigenvalue weighted by atomic mass is 9.85. The smallest absolute Gasteiger partial charge is 0.161 e. The summed E-state index contributed by atoms with van der Waals surface area (Å²) in [4.78, 5) is 0. The minimum atomic E-state index is 0.283. The molecule has 0 aromatic heterocycles. The number of para-hydroxylation sites is 2. The predicted octanol–water partition coefficient (Wildman–Crippen LogP) is 2.60. The first kappa shape index (κ1) is 16.1. The zero-order valence-electron chi connectivity index (χ0n) is 12.9. The molecule has 0 bridgehead atoms. The van der Waals surface area contributed by atoms with Crippen LogP contribution in [0.1, 0.15) is 32.6 Å². The van der Waals surface area contributed by atoms with Gasteiger partial charge in [0, 0.05) is 19.2 Å². The van der Waals surface area contributed by atoms with Crippen molar-refractivity contribution in [3.8, 4) is 11.5 Å². The Hall–Kier alpha value is -1.26. The maximum atomic E-state index is 9.40. The van der Waals surface area contributed by atoms with Crippen molar-refractivity contribution >= 4 is 0 Å². The van der Waals surface area contributed by atoms with Crippen LogP contribution in [0.3, 0.4) is 0 Å². The second kappa shape index (κ2) is 8.90. The molecule has 0 saturated heterocycles. The van der Waals surface area contributed by atoms with E-state index in [1.807, 2.05) is 31.2 Å². The van der Waals surface area contributed by atoms with E-state index in [1.165, 1.54) is 12.8 Å². The average molecular weight is 293 g/mol. The van der Waals surface area contributed by atoms with Crippen LogP contribution in [0, 0.1) is 5.92 Å². The largest absolute Gasteiger partial charge is 0.490 e. The van der Waals surface area contributed by atoms with Crippen LogP contribution in [0.15, 0.2) is 24.3 Å². The predicted molar refractivity (Wildman–Crippen MR) is 83.9 cm³/mol. The molecule has 1 saturated carbocycles. The highest BCUT2D eigenvalue weighted by Gasteiger charge is 2.23. The van der Waals surface area contributed by atoms with Crippen molar-refractivity contribution in [3.63, 3.8) is 0 Å². The van der Waals surface area contributed by atoms with Crippen LogP contribution in [0.5, 0.6) is 11.5 Å². The number of nitrogens with one attached hydrogen (secondary N) is 1. The lowest BCUT2D eigenvalue weighted by Gasteiger charge is -2.31. The monoisotopic (exact) mass is 293 g/mol. The van der Waals surface area contributed by atoms with Crippen molar-refractivity contribution in [1.29, 1.82) is 0 Å². The second-order valence-corrected chi connectivity index (χ2v) is 5.52. The number of aliphatic hydroxyl groups excluding tert-OH is 1. The fourth-order valence-corrected chi connectivity index (χ4v) is 2.94. The lowest BCUT2D eigenvalue weighted by molar-refractivity contribution is 0.149. The highest BCUT2D eigenvalue weighted by molar-refractivity contribution is 5.39. The van der Waals surface area contributed by atoms with Crippen molar-refractivity contribution in [3.05, 3.63) is 24.3 Å². The molecule has 1 aromatic carbocycles. The molecule has 1 fully saturated rings. The standard InChI is InChI=1S/C17H27NO3/c1-2-20-16-9-5-6-10-17(16)21-12-11-18-15-8-4-3-7-14(15)13-19/h5-6,9-10,14-15,18-19H,2-4,7-8,11-13H2,1H3. The van der Waals surface area contributed by atoms with E-state index in [2.05, 4.69) is 5.32 Å². The van der Waals surface area contributed by atoms with Crippen LogP contribution >= 0.6 is 0 Å². The van der Waals surface area contributed by atoms with Gasteiger partial charge in [0.1, 0.15) is 6.61 Å². The van der Waals surface area contributed by atoms with E-state index in [1.54, 1.807) is 0 Å². The van der Waals surface area contributed by atoms with Gasteiger partial charge in [-0.05, 0) is 37.8 Å². The summed E-state index contributed by atoms with van der Waals surface area (Å²) in [6.45, 7) is 4.29. The van der Waals surface area contributed by atoms with E-state index in [9.17, 15) is 5.11 Å². The zero-order valence-corrected chi connectivity index (χ0v) is 12.9. The Morgan fingerprint density at radius 1 is 1.14 bits per heavy atom. The molecule has 2 atom stereocenters. The number of benzene rings is 1. The van der Waals surface area contributed by atoms with Gasteiger partial charge in [-0.1, -0.05) is 25.0 Å². The highest BCUT2D eigenvalue weighted by atomic mass is 16.5. The number of hydrogen-bond donors (Lipinski definition) is 2. The summed E-state index contributed by atoms with van der Waals surface area (Å²) >= 11 is 0. The van der Waals surface area contributed by atoms with Crippen LogP contribution in [0.2, 0.25) is 0 Å². The van der Waals surface area contributed by atoms with Crippen LogP contribution in [-0.4, -0.2) is 37.5 Å². The maximum Gasteiger partial charge on any atom is 0.161 e. The van der Waals surface area contributed by atoms with E-state index in [-0.39, 0.29) is 6.61 Å². The lowest BCUT2D eigenvalue weighted by Crippen LogP contribution is -2.41. The van der Waals surface area contributed by atoms with E-state index in [4.69, 9.17) is 9.47 Å². The molecule has 2 unspecified atom stereocenters. The Morgan fingerprint density at radius 2 is 1.86 bits per heavy atom. The summed E-state index contributed by atoms with van der Waals surface area (Å²) < 4.78 is 11.3. The van der Waals surface area contributed by atoms with Crippen LogP contribution in [0.4, 0.5) is 0 Å². The van der Waals surface area contributed by atoms with Crippen molar-refractivity contribution in [2.24, 2.45) is 5.92 Å². The molecule has 0 heterocycles. The number of hydrogen-bond acceptors (Lipinski definition) is 4. The molecule has 2 N–H and O–H groups in total. The van der Waals surface area contributed by atoms with E-state index < -0.39 is 0 Å². The third-order valence-electron chi connectivity index (χ3n) is 4.06. The minimum absolute atomic E-state index is 0.283. The number of rotatable bonds is 8. The molecule has 4 heteroatoms. The second-order valence-electron chi connectivity index (χ2n) is 5.52. The van der Waals surface area contributed by atoms with Crippen LogP contribution in [-0.2, 0) is 0 Å². The Bertz CT molecular complexity index is 411. The van der Waals surface area contributed by atoms with Crippen molar-refractivity contribution in [2.45, 2.75) is 38.6 Å². The average Bonchev–Trinajstić information content (AvgIpc) is 2.53. The van der Waals surface area contributed by atoms with Gasteiger partial charge in [0.2, 0.25) is 0 Å². The first-order chi connectivity index (χ1) is 10.3. The molecule has 2 rings (SSSR count). The van der Waals surface area contributed by atoms with Gasteiger partial charge in [0.05, 0.1) is 6.61 Å². The first-order valence-electron chi connectivity index (χ1n) is 8.04. The third kappa shape index (κ3) is 4.90. The van der Waals surface area contributed by atoms with Gasteiger partial charge in [-0.2, -0.15) is 0 Å². The molecule has 1 aliphatic carbocycles. The van der Waals surface area contributed by atoms with Crippen molar-refractivity contribution in [2.75, 3.05) is 26.4 Å². The molecular formula is C17H27NO3. The fraction of sp³-hybridized carbons (Fsp3) is 0.647. The molecule has 21 heavy (non-hydrogen) atoms. The topological polar surface area (TPSA) is 50.7 Å². The fourth-order valence-electron chi connectivity index (χ4n) is 2.94. The Labute approximate surface area is 127 Å². The quantitative estimate of drug-likeness (QED) is 0.723. The summed E-state index contributed by atoms with van der Waals surface area (Å²) in [6.07, 6.45) is 4.77. The summed E-state index contributed by atoms with van der Waals surface area (Å²) in [5.74, 6) is 1.99. The summed E-state index contributed by atoms with van der Waals surface area (Å²) in [5.41, 5.74) is 0. The number of ether oxygens (including phenoxy) is 2. The molecule has 0 radical (unpaired) electrons. The van der Waals surface area contributed by atoms with E-state index >= 15 is 0 Å². The molecule has 0 aliphatic heterocycles. The van der Waals surface area contributed by atoms with Crippen LogP contribution < -0.4 is 14.8 Å². The summed E-state index contributed by atoms with van der Waals surface area (Å²) in [7, 11) is 0. The van der Waals surface area contributed by atoms with Crippen molar-refractivity contribution < 1.29 is 14.6 Å². The third-order valence-corrected chi connectivity index (χ3v) is 4.06. The van der Waals surface area contributed by atoms with Gasteiger partial charge >= 0.3 is 0 Å². The zero-order chi connectivity index (χ0) is 14.9. The molecule has 1 aliphatic rings. The summed E-state index contributed by atoms with van der Waals surface area (Å²) in [6, 6.07) is 8.18. The molecule has 0 spiro atoms. The van der Waals surface area contributed by atoms with E-state index in [0.717, 1.165) is 30.9 Å². The Morgan fingerprint density at radius 3 is 2.57 bits per heavy atom. The normalized spacial score (nSPS) is 22.0. The highest BCUT2D eigenvalue weighted by Crippen LogP contribution is 2.26. The molecule has 0 amide bonds. The van der Waals surface area contributed by atoms with Gasteiger partial charge < -0.3 is 19.9 Å². The first-order valence-corrected chi connectivity index (χ1v) is 8.04. The molecule has 4 nitrogen and oxygen atoms in total. The molecule has 1 aromatic rings. The molecular weight excluding hydrogens is 266 g/mol.